The summed E-state index contributed by atoms with van der Waals surface area (Å²) < 4.78 is 0. The van der Waals surface area contributed by atoms with Gasteiger partial charge in [0.05, 0.1) is 0 Å². The van der Waals surface area contributed by atoms with E-state index < -0.39 is 0 Å². The minimum Gasteiger partial charge on any atom is -0.317 e. The number of nitrogens with one attached hydrogen (secondary N) is 1. The Hall–Kier alpha value is -0.380. The van der Waals surface area contributed by atoms with Crippen molar-refractivity contribution in [3.05, 3.63) is 21.9 Å². The van der Waals surface area contributed by atoms with E-state index in [4.69, 9.17) is 0 Å². The van der Waals surface area contributed by atoms with Crippen molar-refractivity contribution in [1.29, 1.82) is 0 Å². The van der Waals surface area contributed by atoms with E-state index in [0.717, 1.165) is 12.6 Å². The van der Waals surface area contributed by atoms with Crippen LogP contribution in [-0.2, 0) is 13.0 Å². The van der Waals surface area contributed by atoms with Crippen LogP contribution in [0.3, 0.4) is 0 Å². The van der Waals surface area contributed by atoms with Crippen molar-refractivity contribution < 1.29 is 0 Å². The zero-order valence-electron chi connectivity index (χ0n) is 11.2. The molecule has 1 N–H and O–H groups in total. The van der Waals surface area contributed by atoms with Crippen molar-refractivity contribution in [2.24, 2.45) is 0 Å². The molecule has 1 saturated heterocycles. The largest absolute Gasteiger partial charge is 0.317 e. The third-order valence-corrected chi connectivity index (χ3v) is 4.94. The predicted octanol–water partition coefficient (Wildman–Crippen LogP) is 2.88. The van der Waals surface area contributed by atoms with Gasteiger partial charge in [0.15, 0.2) is 0 Å². The fourth-order valence-corrected chi connectivity index (χ4v) is 3.72. The van der Waals surface area contributed by atoms with Gasteiger partial charge in [0.25, 0.3) is 0 Å². The Morgan fingerprint density at radius 1 is 1.53 bits per heavy atom. The Morgan fingerprint density at radius 2 is 2.35 bits per heavy atom. The highest BCUT2D eigenvalue weighted by molar-refractivity contribution is 7.10. The topological polar surface area (TPSA) is 15.3 Å². The summed E-state index contributed by atoms with van der Waals surface area (Å²) in [5, 5.41) is 5.65. The summed E-state index contributed by atoms with van der Waals surface area (Å²) in [4.78, 5) is 4.21. The van der Waals surface area contributed by atoms with Crippen LogP contribution in [0, 0.1) is 0 Å². The van der Waals surface area contributed by atoms with Crippen molar-refractivity contribution in [2.75, 3.05) is 13.6 Å². The highest BCUT2D eigenvalue weighted by atomic mass is 32.1. The maximum absolute atomic E-state index is 3.41. The molecule has 0 radical (unpaired) electrons. The summed E-state index contributed by atoms with van der Waals surface area (Å²) in [6.07, 6.45) is 3.73. The third kappa shape index (κ3) is 3.09. The lowest BCUT2D eigenvalue weighted by molar-refractivity contribution is 0.132. The molecule has 1 aromatic rings. The smallest absolute Gasteiger partial charge is 0.0333 e. The zero-order valence-corrected chi connectivity index (χ0v) is 12.0. The second-order valence-electron chi connectivity index (χ2n) is 5.05. The van der Waals surface area contributed by atoms with Crippen LogP contribution in [0.5, 0.6) is 0 Å². The second kappa shape index (κ2) is 5.98. The van der Waals surface area contributed by atoms with Crippen LogP contribution in [0.15, 0.2) is 11.4 Å². The van der Waals surface area contributed by atoms with Crippen LogP contribution in [0.2, 0.25) is 0 Å². The molecule has 2 rings (SSSR count). The minimum atomic E-state index is 0.702. The summed E-state index contributed by atoms with van der Waals surface area (Å²) in [7, 11) is 2.08. The number of hydrogen-bond acceptors (Lipinski definition) is 3. The van der Waals surface area contributed by atoms with E-state index in [-0.39, 0.29) is 0 Å². The molecule has 0 aliphatic carbocycles. The predicted molar refractivity (Wildman–Crippen MR) is 75.7 cm³/mol. The molecule has 0 spiro atoms. The van der Waals surface area contributed by atoms with E-state index in [2.05, 4.69) is 42.6 Å². The summed E-state index contributed by atoms with van der Waals surface area (Å²) in [6, 6.07) is 3.70. The van der Waals surface area contributed by atoms with Crippen molar-refractivity contribution in [2.45, 2.75) is 51.7 Å². The van der Waals surface area contributed by atoms with Gasteiger partial charge in [0.1, 0.15) is 0 Å². The molecule has 1 aliphatic heterocycles. The lowest BCUT2D eigenvalue weighted by Gasteiger charge is -2.37. The molecule has 0 saturated carbocycles. The molecule has 1 fully saturated rings. The minimum absolute atomic E-state index is 0.702. The van der Waals surface area contributed by atoms with Crippen LogP contribution in [0.1, 0.15) is 37.1 Å². The van der Waals surface area contributed by atoms with Gasteiger partial charge in [-0.1, -0.05) is 6.92 Å². The molecule has 96 valence electrons. The first-order valence-corrected chi connectivity index (χ1v) is 7.59. The summed E-state index contributed by atoms with van der Waals surface area (Å²) >= 11 is 1.92. The Kier molecular flexibility index (Phi) is 4.60. The zero-order chi connectivity index (χ0) is 12.3. The van der Waals surface area contributed by atoms with Gasteiger partial charge in [-0.2, -0.15) is 0 Å². The fraction of sp³-hybridized carbons (Fsp3) is 0.714. The number of thiophene rings is 1. The first-order chi connectivity index (χ1) is 8.24. The third-order valence-electron chi connectivity index (χ3n) is 3.99. The Labute approximate surface area is 109 Å². The molecule has 1 aliphatic rings. The van der Waals surface area contributed by atoms with Gasteiger partial charge in [-0.25, -0.2) is 0 Å². The van der Waals surface area contributed by atoms with Gasteiger partial charge in [-0.3, -0.25) is 4.90 Å². The molecule has 2 heterocycles. The van der Waals surface area contributed by atoms with Gasteiger partial charge in [0.2, 0.25) is 0 Å². The van der Waals surface area contributed by atoms with E-state index in [1.165, 1.54) is 31.4 Å². The first-order valence-electron chi connectivity index (χ1n) is 6.71. The number of aryl methyl sites for hydroxylation is 1. The monoisotopic (exact) mass is 252 g/mol. The Balaban J connectivity index is 1.95. The number of hydrogen-bond donors (Lipinski definition) is 1. The van der Waals surface area contributed by atoms with E-state index in [1.807, 2.05) is 11.3 Å². The summed E-state index contributed by atoms with van der Waals surface area (Å²) in [5.41, 5.74) is 1.54. The standard InChI is InChI=1S/C14H24N2S/c1-4-12-6-8-17-14(12)10-16-7-5-13(15-3)9-11(16)2/h6,8,11,13,15H,4-5,7,9-10H2,1-3H3. The Bertz CT molecular complexity index is 348. The van der Waals surface area contributed by atoms with Crippen LogP contribution < -0.4 is 5.32 Å². The lowest BCUT2D eigenvalue weighted by atomic mass is 9.98. The maximum Gasteiger partial charge on any atom is 0.0333 e. The average molecular weight is 252 g/mol. The fourth-order valence-electron chi connectivity index (χ4n) is 2.72. The molecule has 17 heavy (non-hydrogen) atoms. The van der Waals surface area contributed by atoms with Gasteiger partial charge < -0.3 is 5.32 Å². The summed E-state index contributed by atoms with van der Waals surface area (Å²) in [5.74, 6) is 0. The highest BCUT2D eigenvalue weighted by Crippen LogP contribution is 2.24. The van der Waals surface area contributed by atoms with Crippen LogP contribution in [0.4, 0.5) is 0 Å². The number of likely N-dealkylation sites (tertiary alicyclic amines) is 1. The van der Waals surface area contributed by atoms with Gasteiger partial charge >= 0.3 is 0 Å². The van der Waals surface area contributed by atoms with Crippen LogP contribution >= 0.6 is 11.3 Å². The SMILES string of the molecule is CCc1ccsc1CN1CCC(NC)CC1C. The molecule has 2 nitrogen and oxygen atoms in total. The molecule has 0 amide bonds. The van der Waals surface area contributed by atoms with E-state index in [1.54, 1.807) is 4.88 Å². The van der Waals surface area contributed by atoms with Crippen LogP contribution in [-0.4, -0.2) is 30.6 Å². The van der Waals surface area contributed by atoms with Gasteiger partial charge in [-0.15, -0.1) is 11.3 Å². The molecule has 1 aromatic heterocycles. The van der Waals surface area contributed by atoms with Crippen molar-refractivity contribution >= 4 is 11.3 Å². The number of nitrogens with zero attached hydrogens (tertiary/aromatic N) is 1. The molecule has 0 bridgehead atoms. The normalized spacial score (nSPS) is 26.3. The number of piperidine rings is 1. The molecule has 2 atom stereocenters. The quantitative estimate of drug-likeness (QED) is 0.886. The second-order valence-corrected chi connectivity index (χ2v) is 6.05. The van der Waals surface area contributed by atoms with Gasteiger partial charge in [-0.05, 0) is 50.2 Å². The van der Waals surface area contributed by atoms with Crippen molar-refractivity contribution in [3.8, 4) is 0 Å². The number of rotatable bonds is 4. The van der Waals surface area contributed by atoms with Gasteiger partial charge in [0, 0.05) is 30.1 Å². The maximum atomic E-state index is 3.41. The lowest BCUT2D eigenvalue weighted by Crippen LogP contribution is -2.46. The molecule has 0 aromatic carbocycles. The summed E-state index contributed by atoms with van der Waals surface area (Å²) in [6.45, 7) is 7.00. The molecular formula is C14H24N2S. The van der Waals surface area contributed by atoms with Crippen LogP contribution in [0.25, 0.3) is 0 Å². The van der Waals surface area contributed by atoms with E-state index in [0.29, 0.717) is 6.04 Å². The molecule has 2 unspecified atom stereocenters. The molecular weight excluding hydrogens is 228 g/mol. The average Bonchev–Trinajstić information content (AvgIpc) is 2.79. The Morgan fingerprint density at radius 3 is 3.00 bits per heavy atom. The van der Waals surface area contributed by atoms with E-state index >= 15 is 0 Å². The van der Waals surface area contributed by atoms with Crippen molar-refractivity contribution in [1.82, 2.24) is 10.2 Å². The van der Waals surface area contributed by atoms with Crippen molar-refractivity contribution in [3.63, 3.8) is 0 Å². The highest BCUT2D eigenvalue weighted by Gasteiger charge is 2.24. The first kappa shape index (κ1) is 13.1. The van der Waals surface area contributed by atoms with E-state index in [9.17, 15) is 0 Å². The molecule has 3 heteroatoms.